The van der Waals surface area contributed by atoms with E-state index in [4.69, 9.17) is 19.2 Å². The van der Waals surface area contributed by atoms with Crippen LogP contribution in [0.25, 0.3) is 11.2 Å². The molecule has 0 saturated carbocycles. The molecule has 0 spiro atoms. The molecule has 3 aromatic heterocycles. The number of alkyl halides is 2. The van der Waals surface area contributed by atoms with Crippen molar-refractivity contribution < 1.29 is 32.8 Å². The number of rotatable bonds is 8. The van der Waals surface area contributed by atoms with E-state index in [2.05, 4.69) is 25.0 Å². The molecule has 2 saturated heterocycles. The van der Waals surface area contributed by atoms with Gasteiger partial charge in [0, 0.05) is 43.0 Å². The third kappa shape index (κ3) is 5.04. The van der Waals surface area contributed by atoms with Gasteiger partial charge in [-0.2, -0.15) is 13.8 Å². The molecular weight excluding hydrogens is 478 g/mol. The molecule has 0 unspecified atom stereocenters. The molecule has 2 N–H and O–H groups in total. The van der Waals surface area contributed by atoms with Gasteiger partial charge in [0.05, 0.1) is 6.10 Å². The van der Waals surface area contributed by atoms with E-state index in [9.17, 15) is 13.9 Å². The maximum Gasteiger partial charge on any atom is 0.388 e. The first-order valence-corrected chi connectivity index (χ1v) is 11.8. The van der Waals surface area contributed by atoms with Crippen LogP contribution in [0.15, 0.2) is 24.7 Å². The van der Waals surface area contributed by atoms with Crippen LogP contribution in [0.5, 0.6) is 11.8 Å². The average molecular weight is 507 g/mol. The highest BCUT2D eigenvalue weighted by Gasteiger charge is 2.42. The molecule has 2 aliphatic rings. The number of nitrogens with zero attached hydrogens (tertiary/aromatic N) is 5. The minimum absolute atomic E-state index is 0.0697. The number of hydrogen-bond acceptors (Lipinski definition) is 10. The minimum Gasteiger partial charge on any atom is -0.471 e. The number of hydrogen-bond donors (Lipinski definition) is 2. The summed E-state index contributed by atoms with van der Waals surface area (Å²) in [6.07, 6.45) is 2.79. The number of imidazole rings is 1. The summed E-state index contributed by atoms with van der Waals surface area (Å²) in [4.78, 5) is 17.3. The van der Waals surface area contributed by atoms with Gasteiger partial charge in [-0.3, -0.25) is 4.57 Å². The number of halogens is 2. The van der Waals surface area contributed by atoms with E-state index >= 15 is 0 Å². The van der Waals surface area contributed by atoms with Crippen LogP contribution in [0.1, 0.15) is 38.5 Å². The Labute approximate surface area is 205 Å². The Morgan fingerprint density at radius 2 is 2.00 bits per heavy atom. The third-order valence-electron chi connectivity index (χ3n) is 6.56. The smallest absolute Gasteiger partial charge is 0.388 e. The number of ether oxygens (including phenoxy) is 4. The number of aromatic nitrogens is 5. The second kappa shape index (κ2) is 10.4. The van der Waals surface area contributed by atoms with Crippen LogP contribution in [-0.2, 0) is 16.1 Å². The zero-order chi connectivity index (χ0) is 25.2. The number of aliphatic hydroxyl groups is 1. The summed E-state index contributed by atoms with van der Waals surface area (Å²) in [7, 11) is 0. The van der Waals surface area contributed by atoms with Crippen molar-refractivity contribution in [3.05, 3.63) is 30.2 Å². The summed E-state index contributed by atoms with van der Waals surface area (Å²) in [5.41, 5.74) is 1.49. The highest BCUT2D eigenvalue weighted by molar-refractivity contribution is 5.79. The average Bonchev–Trinajstić information content (AvgIpc) is 3.35. The Hall–Kier alpha value is -3.16. The van der Waals surface area contributed by atoms with Gasteiger partial charge < -0.3 is 29.4 Å². The van der Waals surface area contributed by atoms with Crippen molar-refractivity contribution in [2.24, 2.45) is 5.92 Å². The molecule has 2 aliphatic heterocycles. The Bertz CT molecular complexity index is 1170. The first-order chi connectivity index (χ1) is 17.4. The normalized spacial score (nSPS) is 24.9. The van der Waals surface area contributed by atoms with E-state index in [0.29, 0.717) is 35.9 Å². The van der Waals surface area contributed by atoms with Gasteiger partial charge >= 0.3 is 6.61 Å². The van der Waals surface area contributed by atoms with Crippen molar-refractivity contribution in [1.82, 2.24) is 24.5 Å². The van der Waals surface area contributed by atoms with Crippen LogP contribution in [0, 0.1) is 5.92 Å². The zero-order valence-electron chi connectivity index (χ0n) is 19.9. The predicted octanol–water partition coefficient (Wildman–Crippen LogP) is 2.91. The fourth-order valence-corrected chi connectivity index (χ4v) is 4.35. The van der Waals surface area contributed by atoms with Gasteiger partial charge in [-0.25, -0.2) is 15.0 Å². The largest absolute Gasteiger partial charge is 0.471 e. The van der Waals surface area contributed by atoms with Gasteiger partial charge in [-0.05, 0) is 25.8 Å². The maximum absolute atomic E-state index is 12.4. The molecule has 5 heterocycles. The summed E-state index contributed by atoms with van der Waals surface area (Å²) in [6, 6.07) is 3.05. The van der Waals surface area contributed by atoms with Crippen LogP contribution in [0.2, 0.25) is 0 Å². The quantitative estimate of drug-likeness (QED) is 0.471. The maximum atomic E-state index is 12.4. The predicted molar refractivity (Wildman–Crippen MR) is 123 cm³/mol. The second-order valence-corrected chi connectivity index (χ2v) is 8.94. The Balaban J connectivity index is 1.44. The van der Waals surface area contributed by atoms with Gasteiger partial charge in [-0.1, -0.05) is 6.92 Å². The van der Waals surface area contributed by atoms with Gasteiger partial charge in [-0.15, -0.1) is 0 Å². The lowest BCUT2D eigenvalue weighted by Gasteiger charge is -2.26. The summed E-state index contributed by atoms with van der Waals surface area (Å²) in [5.74, 6) is 0.475. The minimum atomic E-state index is -2.94. The van der Waals surface area contributed by atoms with E-state index in [1.54, 1.807) is 10.6 Å². The van der Waals surface area contributed by atoms with Crippen molar-refractivity contribution in [2.45, 2.75) is 64.4 Å². The van der Waals surface area contributed by atoms with Crippen molar-refractivity contribution >= 4 is 17.1 Å². The molecule has 3 aromatic rings. The SMILES string of the molecule is C[C@H]1[C@@H](O)[C@H](n2c(NC3CCOCC3)nc3c(OCc4ccc(OC(F)F)nc4)ncnc32)O[C@@H]1C. The fourth-order valence-electron chi connectivity index (χ4n) is 4.35. The molecule has 5 rings (SSSR count). The van der Waals surface area contributed by atoms with Crippen LogP contribution >= 0.6 is 0 Å². The van der Waals surface area contributed by atoms with Gasteiger partial charge in [0.1, 0.15) is 19.0 Å². The molecule has 36 heavy (non-hydrogen) atoms. The van der Waals surface area contributed by atoms with E-state index in [-0.39, 0.29) is 36.4 Å². The number of nitrogens with one attached hydrogen (secondary N) is 1. The Kier molecular flexibility index (Phi) is 7.12. The highest BCUT2D eigenvalue weighted by Crippen LogP contribution is 2.38. The van der Waals surface area contributed by atoms with Crippen LogP contribution in [0.4, 0.5) is 14.7 Å². The molecule has 0 aliphatic carbocycles. The molecule has 0 bridgehead atoms. The molecule has 4 atom stereocenters. The lowest BCUT2D eigenvalue weighted by molar-refractivity contribution is -0.0528. The third-order valence-corrected chi connectivity index (χ3v) is 6.56. The molecule has 194 valence electrons. The molecular formula is C23H28F2N6O5. The van der Waals surface area contributed by atoms with Gasteiger partial charge in [0.25, 0.3) is 0 Å². The summed E-state index contributed by atoms with van der Waals surface area (Å²) >= 11 is 0. The summed E-state index contributed by atoms with van der Waals surface area (Å²) in [6.45, 7) is 2.29. The van der Waals surface area contributed by atoms with Crippen molar-refractivity contribution in [3.8, 4) is 11.8 Å². The summed E-state index contributed by atoms with van der Waals surface area (Å²) in [5, 5.41) is 14.4. The molecule has 11 nitrogen and oxygen atoms in total. The monoisotopic (exact) mass is 506 g/mol. The number of fused-ring (bicyclic) bond motifs is 1. The molecule has 0 radical (unpaired) electrons. The van der Waals surface area contributed by atoms with E-state index in [0.717, 1.165) is 12.8 Å². The standard InChI is InChI=1S/C23H28F2N6O5/c1-12-13(2)35-21(18(12)32)31-19-17(30-23(31)29-15-5-7-33-8-6-15)20(28-11-27-19)34-10-14-3-4-16(26-9-14)36-22(24)25/h3-4,9,11-13,15,18,21-22,32H,5-8,10H2,1-2H3,(H,29,30)/t12-,13-,18-,21-/m1/s1. The second-order valence-electron chi connectivity index (χ2n) is 8.94. The molecule has 13 heteroatoms. The van der Waals surface area contributed by atoms with Crippen LogP contribution in [0.3, 0.4) is 0 Å². The molecule has 2 fully saturated rings. The first-order valence-electron chi connectivity index (χ1n) is 11.8. The van der Waals surface area contributed by atoms with Gasteiger partial charge in [0.2, 0.25) is 17.7 Å². The number of pyridine rings is 1. The van der Waals surface area contributed by atoms with E-state index < -0.39 is 18.9 Å². The highest BCUT2D eigenvalue weighted by atomic mass is 19.3. The number of aliphatic hydroxyl groups excluding tert-OH is 1. The fraction of sp³-hybridized carbons (Fsp3) is 0.565. The first kappa shape index (κ1) is 24.5. The van der Waals surface area contributed by atoms with Crippen molar-refractivity contribution in [2.75, 3.05) is 18.5 Å². The molecule has 0 amide bonds. The summed E-state index contributed by atoms with van der Waals surface area (Å²) < 4.78 is 48.2. The Morgan fingerprint density at radius 1 is 1.19 bits per heavy atom. The van der Waals surface area contributed by atoms with Crippen LogP contribution in [-0.4, -0.2) is 67.7 Å². The zero-order valence-corrected chi connectivity index (χ0v) is 19.9. The topological polar surface area (TPSA) is 126 Å². The number of anilines is 1. The van der Waals surface area contributed by atoms with Crippen LogP contribution < -0.4 is 14.8 Å². The lowest BCUT2D eigenvalue weighted by atomic mass is 10.0. The Morgan fingerprint density at radius 3 is 2.67 bits per heavy atom. The van der Waals surface area contributed by atoms with Gasteiger partial charge in [0.15, 0.2) is 17.4 Å². The van der Waals surface area contributed by atoms with Crippen molar-refractivity contribution in [1.29, 1.82) is 0 Å². The lowest BCUT2D eigenvalue weighted by Crippen LogP contribution is -2.31. The van der Waals surface area contributed by atoms with E-state index in [1.165, 1.54) is 18.6 Å². The van der Waals surface area contributed by atoms with E-state index in [1.807, 2.05) is 13.8 Å². The van der Waals surface area contributed by atoms with Crippen molar-refractivity contribution in [3.63, 3.8) is 0 Å². The molecule has 0 aromatic carbocycles.